The average molecular weight is 342 g/mol. The molecule has 0 fully saturated rings. The van der Waals surface area contributed by atoms with E-state index in [9.17, 15) is 9.90 Å². The second kappa shape index (κ2) is 7.62. The van der Waals surface area contributed by atoms with Gasteiger partial charge in [-0.15, -0.1) is 11.3 Å². The highest BCUT2D eigenvalue weighted by Crippen LogP contribution is 2.26. The van der Waals surface area contributed by atoms with E-state index in [0.29, 0.717) is 13.0 Å². The van der Waals surface area contributed by atoms with E-state index in [2.05, 4.69) is 41.8 Å². The van der Waals surface area contributed by atoms with Crippen LogP contribution in [0.15, 0.2) is 5.38 Å². The van der Waals surface area contributed by atoms with Gasteiger partial charge in [0, 0.05) is 17.3 Å². The summed E-state index contributed by atoms with van der Waals surface area (Å²) in [4.78, 5) is 16.7. The zero-order valence-electron chi connectivity index (χ0n) is 15.4. The van der Waals surface area contributed by atoms with Gasteiger partial charge in [-0.25, -0.2) is 9.78 Å². The van der Waals surface area contributed by atoms with Crippen molar-refractivity contribution in [3.8, 4) is 0 Å². The van der Waals surface area contributed by atoms with E-state index in [1.165, 1.54) is 0 Å². The third kappa shape index (κ3) is 6.87. The van der Waals surface area contributed by atoms with Gasteiger partial charge >= 0.3 is 6.03 Å². The predicted octanol–water partition coefficient (Wildman–Crippen LogP) is 3.60. The molecule has 23 heavy (non-hydrogen) atoms. The number of aliphatic hydroxyl groups excluding tert-OH is 1. The molecule has 0 aliphatic rings. The van der Waals surface area contributed by atoms with Crippen LogP contribution in [-0.2, 0) is 5.41 Å². The van der Waals surface area contributed by atoms with Crippen LogP contribution in [0.5, 0.6) is 0 Å². The van der Waals surface area contributed by atoms with Gasteiger partial charge in [0.05, 0.1) is 17.8 Å². The van der Waals surface area contributed by atoms with Gasteiger partial charge in [0.25, 0.3) is 0 Å². The number of carbonyl (C=O) groups is 1. The lowest BCUT2D eigenvalue weighted by Gasteiger charge is -2.26. The number of thiazole rings is 1. The molecule has 0 aliphatic heterocycles. The monoisotopic (exact) mass is 341 g/mol. The number of rotatable bonds is 6. The molecule has 2 atom stereocenters. The highest BCUT2D eigenvalue weighted by molar-refractivity contribution is 7.09. The Morgan fingerprint density at radius 1 is 1.30 bits per heavy atom. The molecule has 0 spiro atoms. The fourth-order valence-electron chi connectivity index (χ4n) is 2.33. The molecule has 0 aliphatic carbocycles. The molecule has 1 aromatic rings. The van der Waals surface area contributed by atoms with Crippen molar-refractivity contribution in [2.24, 2.45) is 5.41 Å². The third-order valence-corrected chi connectivity index (χ3v) is 4.61. The number of aliphatic hydroxyl groups is 1. The molecule has 0 radical (unpaired) electrons. The SMILES string of the molecule is CC(O)CC(C)(C)CNC(=O)NC(C)c1nc(C(C)(C)C)cs1. The predicted molar refractivity (Wildman–Crippen MR) is 95.8 cm³/mol. The summed E-state index contributed by atoms with van der Waals surface area (Å²) in [6, 6.07) is -0.334. The molecule has 1 heterocycles. The van der Waals surface area contributed by atoms with Gasteiger partial charge in [-0.3, -0.25) is 0 Å². The van der Waals surface area contributed by atoms with Crippen LogP contribution >= 0.6 is 11.3 Å². The van der Waals surface area contributed by atoms with E-state index in [0.717, 1.165) is 10.7 Å². The average Bonchev–Trinajstić information content (AvgIpc) is 2.84. The van der Waals surface area contributed by atoms with E-state index >= 15 is 0 Å². The van der Waals surface area contributed by atoms with E-state index in [4.69, 9.17) is 0 Å². The summed E-state index contributed by atoms with van der Waals surface area (Å²) in [5.41, 5.74) is 0.918. The first-order valence-electron chi connectivity index (χ1n) is 8.09. The lowest BCUT2D eigenvalue weighted by molar-refractivity contribution is 0.128. The van der Waals surface area contributed by atoms with Crippen molar-refractivity contribution < 1.29 is 9.90 Å². The minimum Gasteiger partial charge on any atom is -0.393 e. The molecule has 6 heteroatoms. The molecule has 0 saturated carbocycles. The Bertz CT molecular complexity index is 518. The maximum atomic E-state index is 12.1. The third-order valence-electron chi connectivity index (χ3n) is 3.58. The summed E-state index contributed by atoms with van der Waals surface area (Å²) in [5.74, 6) is 0. The standard InChI is InChI=1S/C17H31N3O2S/c1-11(21)8-17(6,7)10-18-15(22)19-12(2)14-20-13(9-23-14)16(3,4)5/h9,11-12,21H,8,10H2,1-7H3,(H2,18,19,22). The number of nitrogens with one attached hydrogen (secondary N) is 2. The van der Waals surface area contributed by atoms with Crippen LogP contribution in [0.2, 0.25) is 0 Å². The zero-order valence-corrected chi connectivity index (χ0v) is 16.2. The molecule has 1 aromatic heterocycles. The number of nitrogens with zero attached hydrogens (tertiary/aromatic N) is 1. The van der Waals surface area contributed by atoms with Gasteiger partial charge < -0.3 is 15.7 Å². The van der Waals surface area contributed by atoms with Crippen molar-refractivity contribution in [3.63, 3.8) is 0 Å². The molecule has 3 N–H and O–H groups in total. The fraction of sp³-hybridized carbons (Fsp3) is 0.765. The molecule has 5 nitrogen and oxygen atoms in total. The number of hydrogen-bond donors (Lipinski definition) is 3. The Hall–Kier alpha value is -1.14. The highest BCUT2D eigenvalue weighted by Gasteiger charge is 2.23. The van der Waals surface area contributed by atoms with Gasteiger partial charge in [0.1, 0.15) is 5.01 Å². The van der Waals surface area contributed by atoms with Gasteiger partial charge in [0.15, 0.2) is 0 Å². The normalized spacial score (nSPS) is 15.1. The first kappa shape index (κ1) is 19.9. The van der Waals surface area contributed by atoms with Crippen molar-refractivity contribution >= 4 is 17.4 Å². The fourth-order valence-corrected chi connectivity index (χ4v) is 3.38. The molecule has 0 aromatic carbocycles. The van der Waals surface area contributed by atoms with Crippen molar-refractivity contribution in [1.82, 2.24) is 15.6 Å². The Morgan fingerprint density at radius 2 is 1.91 bits per heavy atom. The summed E-state index contributed by atoms with van der Waals surface area (Å²) in [7, 11) is 0. The van der Waals surface area contributed by atoms with Crippen molar-refractivity contribution in [2.75, 3.05) is 6.54 Å². The van der Waals surface area contributed by atoms with Crippen molar-refractivity contribution in [2.45, 2.75) is 72.4 Å². The minimum absolute atomic E-state index is 0.0156. The van der Waals surface area contributed by atoms with Crippen LogP contribution in [0.1, 0.15) is 71.6 Å². The van der Waals surface area contributed by atoms with E-state index in [1.54, 1.807) is 18.3 Å². The second-order valence-corrected chi connectivity index (χ2v) is 8.98. The second-order valence-electron chi connectivity index (χ2n) is 8.09. The van der Waals surface area contributed by atoms with Crippen LogP contribution in [0, 0.1) is 5.41 Å². The number of aromatic nitrogens is 1. The summed E-state index contributed by atoms with van der Waals surface area (Å²) < 4.78 is 0. The Labute approximate surface area is 143 Å². The van der Waals surface area contributed by atoms with Gasteiger partial charge in [0.2, 0.25) is 0 Å². The van der Waals surface area contributed by atoms with Crippen LogP contribution in [0.4, 0.5) is 4.79 Å². The minimum atomic E-state index is -0.375. The summed E-state index contributed by atoms with van der Waals surface area (Å²) in [6.45, 7) is 14.6. The molecular formula is C17H31N3O2S. The lowest BCUT2D eigenvalue weighted by atomic mass is 9.87. The first-order chi connectivity index (χ1) is 10.4. The van der Waals surface area contributed by atoms with Gasteiger partial charge in [-0.2, -0.15) is 0 Å². The van der Waals surface area contributed by atoms with Crippen LogP contribution in [0.25, 0.3) is 0 Å². The van der Waals surface area contributed by atoms with Crippen LogP contribution in [0.3, 0.4) is 0 Å². The van der Waals surface area contributed by atoms with Gasteiger partial charge in [-0.1, -0.05) is 34.6 Å². The maximum Gasteiger partial charge on any atom is 0.315 e. The number of amides is 2. The smallest absolute Gasteiger partial charge is 0.315 e. The zero-order chi connectivity index (χ0) is 17.8. The van der Waals surface area contributed by atoms with E-state index < -0.39 is 0 Å². The van der Waals surface area contributed by atoms with Crippen LogP contribution in [-0.4, -0.2) is 28.8 Å². The number of urea groups is 1. The van der Waals surface area contributed by atoms with Crippen molar-refractivity contribution in [1.29, 1.82) is 0 Å². The van der Waals surface area contributed by atoms with E-state index in [1.807, 2.05) is 20.8 Å². The lowest BCUT2D eigenvalue weighted by Crippen LogP contribution is -2.42. The number of hydrogen-bond acceptors (Lipinski definition) is 4. The highest BCUT2D eigenvalue weighted by atomic mass is 32.1. The molecule has 1 rings (SSSR count). The topological polar surface area (TPSA) is 74.2 Å². The Kier molecular flexibility index (Phi) is 6.59. The molecule has 0 saturated heterocycles. The van der Waals surface area contributed by atoms with E-state index in [-0.39, 0.29) is 29.0 Å². The quantitative estimate of drug-likeness (QED) is 0.740. The summed E-state index contributed by atoms with van der Waals surface area (Å²) in [5, 5.41) is 18.2. The Balaban J connectivity index is 2.52. The van der Waals surface area contributed by atoms with Crippen molar-refractivity contribution in [3.05, 3.63) is 16.1 Å². The first-order valence-corrected chi connectivity index (χ1v) is 8.97. The summed E-state index contributed by atoms with van der Waals surface area (Å²) >= 11 is 1.57. The largest absolute Gasteiger partial charge is 0.393 e. The molecular weight excluding hydrogens is 310 g/mol. The molecule has 0 bridgehead atoms. The van der Waals surface area contributed by atoms with Crippen LogP contribution < -0.4 is 10.6 Å². The molecule has 2 unspecified atom stereocenters. The Morgan fingerprint density at radius 3 is 2.39 bits per heavy atom. The molecule has 2 amide bonds. The molecule has 132 valence electrons. The summed E-state index contributed by atoms with van der Waals surface area (Å²) in [6.07, 6.45) is 0.268. The van der Waals surface area contributed by atoms with Gasteiger partial charge in [-0.05, 0) is 25.7 Å². The maximum absolute atomic E-state index is 12.1. The number of carbonyl (C=O) groups excluding carboxylic acids is 1.